The van der Waals surface area contributed by atoms with Crippen LogP contribution in [-0.2, 0) is 52.5 Å². The van der Waals surface area contributed by atoms with Crippen LogP contribution in [0.15, 0.2) is 12.1 Å². The van der Waals surface area contributed by atoms with Crippen molar-refractivity contribution in [2.24, 2.45) is 0 Å². The van der Waals surface area contributed by atoms with E-state index in [0.717, 1.165) is 25.3 Å². The van der Waals surface area contributed by atoms with Crippen LogP contribution in [0.25, 0.3) is 0 Å². The van der Waals surface area contributed by atoms with Gasteiger partial charge in [0.1, 0.15) is 30.1 Å². The van der Waals surface area contributed by atoms with Crippen molar-refractivity contribution in [3.63, 3.8) is 0 Å². The van der Waals surface area contributed by atoms with Crippen LogP contribution in [0.2, 0.25) is 0 Å². The van der Waals surface area contributed by atoms with Crippen LogP contribution in [0, 0.1) is 20.2 Å². The van der Waals surface area contributed by atoms with Crippen molar-refractivity contribution < 1.29 is 82.4 Å². The fourth-order valence-corrected chi connectivity index (χ4v) is 5.79. The zero-order valence-corrected chi connectivity index (χ0v) is 38.0. The second-order valence-corrected chi connectivity index (χ2v) is 14.6. The second-order valence-electron chi connectivity index (χ2n) is 14.6. The number of carbonyl (C=O) groups is 7. The summed E-state index contributed by atoms with van der Waals surface area (Å²) in [6, 6.07) is -2.01. The van der Waals surface area contributed by atoms with Gasteiger partial charge >= 0.3 is 23.9 Å². The van der Waals surface area contributed by atoms with Crippen LogP contribution < -0.4 is 37.2 Å². The number of amides is 5. The number of methoxy groups -OCH3 is 1. The summed E-state index contributed by atoms with van der Waals surface area (Å²) in [6.07, 6.45) is 2.55. The second kappa shape index (κ2) is 36.6. The monoisotopic (exact) mass is 975 g/mol. The number of benzene rings is 1. The van der Waals surface area contributed by atoms with Crippen LogP contribution in [-0.4, -0.2) is 178 Å². The van der Waals surface area contributed by atoms with Gasteiger partial charge in [0.15, 0.2) is 0 Å². The number of unbranched alkanes of at least 4 members (excludes halogenated alkanes) is 4. The summed E-state index contributed by atoms with van der Waals surface area (Å²) in [5.74, 6) is -5.03. The van der Waals surface area contributed by atoms with Crippen molar-refractivity contribution in [1.82, 2.24) is 26.6 Å². The van der Waals surface area contributed by atoms with E-state index >= 15 is 0 Å². The van der Waals surface area contributed by atoms with E-state index in [2.05, 4.69) is 31.9 Å². The molecule has 0 saturated heterocycles. The number of urea groups is 1. The van der Waals surface area contributed by atoms with Crippen LogP contribution in [0.4, 0.5) is 27.5 Å². The lowest BCUT2D eigenvalue weighted by Crippen LogP contribution is -2.51. The van der Waals surface area contributed by atoms with Gasteiger partial charge in [-0.25, -0.2) is 14.4 Å². The van der Waals surface area contributed by atoms with Crippen LogP contribution >= 0.6 is 0 Å². The Bertz CT molecular complexity index is 1760. The number of aliphatic carboxylic acids is 3. The van der Waals surface area contributed by atoms with Gasteiger partial charge in [-0.05, 0) is 31.7 Å². The first-order chi connectivity index (χ1) is 32.5. The Kier molecular flexibility index (Phi) is 32.0. The summed E-state index contributed by atoms with van der Waals surface area (Å²) in [6.45, 7) is 2.91. The molecule has 1 rings (SSSR count). The van der Waals surface area contributed by atoms with Gasteiger partial charge in [-0.1, -0.05) is 19.3 Å². The van der Waals surface area contributed by atoms with Crippen molar-refractivity contribution >= 4 is 64.4 Å². The number of rotatable bonds is 42. The van der Waals surface area contributed by atoms with Crippen LogP contribution in [0.1, 0.15) is 64.2 Å². The Morgan fingerprint density at radius 1 is 0.544 bits per heavy atom. The molecule has 1 aromatic rings. The average molecular weight is 976 g/mol. The van der Waals surface area contributed by atoms with Crippen LogP contribution in [0.3, 0.4) is 0 Å². The Morgan fingerprint density at radius 3 is 1.44 bits per heavy atom. The number of nitro benzene ring substituents is 2. The molecule has 68 heavy (non-hydrogen) atoms. The molecule has 0 aliphatic carbocycles. The van der Waals surface area contributed by atoms with Gasteiger partial charge in [0, 0.05) is 59.1 Å². The number of hydrogen-bond donors (Lipinski definition) is 10. The maximum absolute atomic E-state index is 12.2. The zero-order chi connectivity index (χ0) is 50.5. The van der Waals surface area contributed by atoms with Crippen LogP contribution in [0.5, 0.6) is 0 Å². The molecule has 10 N–H and O–H groups in total. The molecule has 0 heterocycles. The number of hydrogen-bond acceptors (Lipinski definition) is 18. The fourth-order valence-electron chi connectivity index (χ4n) is 5.79. The standard InChI is InChI=1S/C40H65N9O19/c1-64-27-36(52)45-16-20-68-24-22-66-18-14-42-31-25-30(32(48(60)61)26-33(31)49(62)63)41-13-17-65-21-23-67-19-15-44-34(50)7-5-3-2-4-6-12-43-35(51)10-8-28(38(55)56)46-40(59)47-29(39(57)58)9-11-37(53)54/h25-26,28-29,41-42H,2-24,27H2,1H3,(H,43,51)(H,44,50)(H,45,52)(H,53,54)(H,55,56)(H,57,58)(H2,46,47,59)/t28-,29-/m0/s1. The smallest absolute Gasteiger partial charge is 0.326 e. The highest BCUT2D eigenvalue weighted by atomic mass is 16.6. The molecule has 0 fully saturated rings. The highest BCUT2D eigenvalue weighted by Crippen LogP contribution is 2.36. The van der Waals surface area contributed by atoms with E-state index in [1.807, 2.05) is 5.32 Å². The SMILES string of the molecule is COCC(=O)NCCOCCOCCNc1cc(NCCOCCOCCNC(=O)CCCCCCCNC(=O)CC[C@H](NC(=O)N[C@@H](CCC(=O)O)C(=O)O)C(=O)O)c([N+](=O)[O-])cc1[N+](=O)[O-]. The van der Waals surface area contributed by atoms with E-state index < -0.39 is 76.0 Å². The molecule has 0 aliphatic rings. The summed E-state index contributed by atoms with van der Waals surface area (Å²) in [4.78, 5) is 103. The number of nitrogens with zero attached hydrogens (tertiary/aromatic N) is 2. The quantitative estimate of drug-likeness (QED) is 0.0243. The molecule has 0 radical (unpaired) electrons. The fraction of sp³-hybridized carbons (Fsp3) is 0.675. The largest absolute Gasteiger partial charge is 0.481 e. The van der Waals surface area contributed by atoms with E-state index in [0.29, 0.717) is 32.4 Å². The molecule has 28 nitrogen and oxygen atoms in total. The molecular weight excluding hydrogens is 910 g/mol. The highest BCUT2D eigenvalue weighted by Gasteiger charge is 2.26. The summed E-state index contributed by atoms with van der Waals surface area (Å²) >= 11 is 0. The molecule has 2 atom stereocenters. The van der Waals surface area contributed by atoms with E-state index in [-0.39, 0.29) is 115 Å². The third-order valence-corrected chi connectivity index (χ3v) is 9.20. The number of ether oxygens (including phenoxy) is 5. The lowest BCUT2D eigenvalue weighted by Gasteiger charge is -2.18. The molecule has 0 aromatic heterocycles. The van der Waals surface area contributed by atoms with Gasteiger partial charge in [0.25, 0.3) is 11.4 Å². The van der Waals surface area contributed by atoms with E-state index in [9.17, 15) is 58.9 Å². The first-order valence-electron chi connectivity index (χ1n) is 21.8. The third-order valence-electron chi connectivity index (χ3n) is 9.20. The van der Waals surface area contributed by atoms with Crippen molar-refractivity contribution in [1.29, 1.82) is 0 Å². The van der Waals surface area contributed by atoms with Crippen molar-refractivity contribution in [2.75, 3.05) is 110 Å². The molecule has 0 bridgehead atoms. The number of carbonyl (C=O) groups excluding carboxylic acids is 4. The maximum atomic E-state index is 12.2. The Labute approximate surface area is 391 Å². The molecule has 0 saturated carbocycles. The van der Waals surface area contributed by atoms with Gasteiger partial charge in [-0.2, -0.15) is 0 Å². The first kappa shape index (κ1) is 59.5. The van der Waals surface area contributed by atoms with Gasteiger partial charge < -0.3 is 76.2 Å². The van der Waals surface area contributed by atoms with Gasteiger partial charge in [-0.3, -0.25) is 39.4 Å². The topological polar surface area (TPSA) is 397 Å². The van der Waals surface area contributed by atoms with E-state index in [4.69, 9.17) is 33.9 Å². The van der Waals surface area contributed by atoms with E-state index in [1.165, 1.54) is 13.2 Å². The van der Waals surface area contributed by atoms with E-state index in [1.54, 1.807) is 0 Å². The predicted molar refractivity (Wildman–Crippen MR) is 239 cm³/mol. The molecule has 28 heteroatoms. The number of carboxylic acid groups (broad SMARTS) is 3. The number of nitro groups is 2. The molecule has 5 amide bonds. The van der Waals surface area contributed by atoms with Gasteiger partial charge in [0.05, 0.1) is 68.8 Å². The number of anilines is 2. The van der Waals surface area contributed by atoms with Gasteiger partial charge in [-0.15, -0.1) is 0 Å². The minimum atomic E-state index is -1.55. The first-order valence-corrected chi connectivity index (χ1v) is 21.8. The molecule has 0 spiro atoms. The Balaban J connectivity index is 2.18. The number of carboxylic acids is 3. The predicted octanol–water partition coefficient (Wildman–Crippen LogP) is 0.579. The third kappa shape index (κ3) is 29.2. The maximum Gasteiger partial charge on any atom is 0.326 e. The number of nitrogens with one attached hydrogen (secondary N) is 7. The van der Waals surface area contributed by atoms with Crippen molar-refractivity contribution in [2.45, 2.75) is 76.3 Å². The summed E-state index contributed by atoms with van der Waals surface area (Å²) in [7, 11) is 1.41. The molecular formula is C40H65N9O19. The average Bonchev–Trinajstić information content (AvgIpc) is 3.28. The lowest BCUT2D eigenvalue weighted by molar-refractivity contribution is -0.393. The zero-order valence-electron chi connectivity index (χ0n) is 38.0. The molecule has 0 aliphatic heterocycles. The minimum absolute atomic E-state index is 0.0446. The van der Waals surface area contributed by atoms with Gasteiger partial charge in [0.2, 0.25) is 17.7 Å². The summed E-state index contributed by atoms with van der Waals surface area (Å²) in [5.41, 5.74) is -0.864. The van der Waals surface area contributed by atoms with Crippen molar-refractivity contribution in [3.05, 3.63) is 32.4 Å². The van der Waals surface area contributed by atoms with Crippen molar-refractivity contribution in [3.8, 4) is 0 Å². The lowest BCUT2D eigenvalue weighted by atomic mass is 10.1. The molecule has 384 valence electrons. The summed E-state index contributed by atoms with van der Waals surface area (Å²) < 4.78 is 26.5. The normalized spacial score (nSPS) is 11.7. The Hall–Kier alpha value is -6.49. The minimum Gasteiger partial charge on any atom is -0.481 e. The summed E-state index contributed by atoms with van der Waals surface area (Å²) in [5, 5.41) is 68.5. The molecule has 1 aromatic carbocycles. The Morgan fingerprint density at radius 2 is 0.971 bits per heavy atom. The molecule has 0 unspecified atom stereocenters. The highest BCUT2D eigenvalue weighted by molar-refractivity contribution is 5.87.